The van der Waals surface area contributed by atoms with Crippen molar-refractivity contribution in [3.05, 3.63) is 0 Å². The van der Waals surface area contributed by atoms with E-state index in [1.54, 1.807) is 0 Å². The Kier molecular flexibility index (Phi) is 3.05. The summed E-state index contributed by atoms with van der Waals surface area (Å²) in [6.45, 7) is 1.24. The summed E-state index contributed by atoms with van der Waals surface area (Å²) >= 11 is 0. The SMILES string of the molecule is COC(=O)C1(N)CCCOCC1. The summed E-state index contributed by atoms with van der Waals surface area (Å²) in [6, 6.07) is 0. The van der Waals surface area contributed by atoms with E-state index in [0.29, 0.717) is 26.1 Å². The van der Waals surface area contributed by atoms with Crippen LogP contribution in [0.5, 0.6) is 0 Å². The number of hydrogen-bond donors (Lipinski definition) is 1. The average molecular weight is 173 g/mol. The van der Waals surface area contributed by atoms with E-state index in [1.807, 2.05) is 0 Å². The number of carbonyl (C=O) groups excluding carboxylic acids is 1. The first-order valence-electron chi connectivity index (χ1n) is 4.14. The normalized spacial score (nSPS) is 30.8. The minimum atomic E-state index is -0.814. The van der Waals surface area contributed by atoms with Crippen molar-refractivity contribution in [2.45, 2.75) is 24.8 Å². The Morgan fingerprint density at radius 3 is 2.92 bits per heavy atom. The van der Waals surface area contributed by atoms with E-state index in [2.05, 4.69) is 4.74 Å². The molecular formula is C8H15NO3. The lowest BCUT2D eigenvalue weighted by molar-refractivity contribution is -0.147. The molecule has 0 spiro atoms. The Hall–Kier alpha value is -0.610. The molecule has 2 N–H and O–H groups in total. The fourth-order valence-corrected chi connectivity index (χ4v) is 1.38. The highest BCUT2D eigenvalue weighted by Gasteiger charge is 2.35. The summed E-state index contributed by atoms with van der Waals surface area (Å²) in [5.41, 5.74) is 5.04. The molecule has 1 heterocycles. The lowest BCUT2D eigenvalue weighted by Gasteiger charge is -2.23. The number of esters is 1. The molecule has 0 aromatic heterocycles. The van der Waals surface area contributed by atoms with Crippen molar-refractivity contribution in [3.63, 3.8) is 0 Å². The molecule has 4 heteroatoms. The molecule has 1 fully saturated rings. The molecule has 70 valence electrons. The van der Waals surface area contributed by atoms with E-state index in [4.69, 9.17) is 10.5 Å². The summed E-state index contributed by atoms with van der Waals surface area (Å²) in [7, 11) is 1.36. The molecule has 12 heavy (non-hydrogen) atoms. The summed E-state index contributed by atoms with van der Waals surface area (Å²) in [5.74, 6) is -0.326. The van der Waals surface area contributed by atoms with Crippen LogP contribution in [-0.2, 0) is 14.3 Å². The molecule has 1 aliphatic heterocycles. The van der Waals surface area contributed by atoms with Crippen molar-refractivity contribution >= 4 is 5.97 Å². The molecule has 0 aromatic rings. The maximum Gasteiger partial charge on any atom is 0.325 e. The van der Waals surface area contributed by atoms with Crippen LogP contribution in [0.15, 0.2) is 0 Å². The van der Waals surface area contributed by atoms with E-state index in [1.165, 1.54) is 7.11 Å². The third-order valence-electron chi connectivity index (χ3n) is 2.20. The van der Waals surface area contributed by atoms with Gasteiger partial charge >= 0.3 is 5.97 Å². The minimum absolute atomic E-state index is 0.326. The van der Waals surface area contributed by atoms with E-state index >= 15 is 0 Å². The van der Waals surface area contributed by atoms with Crippen LogP contribution in [-0.4, -0.2) is 31.8 Å². The van der Waals surface area contributed by atoms with E-state index in [0.717, 1.165) is 6.42 Å². The largest absolute Gasteiger partial charge is 0.468 e. The fourth-order valence-electron chi connectivity index (χ4n) is 1.38. The highest BCUT2D eigenvalue weighted by Crippen LogP contribution is 2.19. The van der Waals surface area contributed by atoms with E-state index in [-0.39, 0.29) is 5.97 Å². The second-order valence-corrected chi connectivity index (χ2v) is 3.11. The molecule has 0 aliphatic carbocycles. The summed E-state index contributed by atoms with van der Waals surface area (Å²) < 4.78 is 9.83. The van der Waals surface area contributed by atoms with Gasteiger partial charge in [0.25, 0.3) is 0 Å². The van der Waals surface area contributed by atoms with Gasteiger partial charge in [0.1, 0.15) is 5.54 Å². The topological polar surface area (TPSA) is 61.5 Å². The van der Waals surface area contributed by atoms with Crippen LogP contribution in [0.3, 0.4) is 0 Å². The Morgan fingerprint density at radius 2 is 2.25 bits per heavy atom. The first kappa shape index (κ1) is 9.48. The average Bonchev–Trinajstić information content (AvgIpc) is 2.29. The first-order chi connectivity index (χ1) is 5.69. The van der Waals surface area contributed by atoms with E-state index < -0.39 is 5.54 Å². The molecule has 0 bridgehead atoms. The van der Waals surface area contributed by atoms with Crippen molar-refractivity contribution in [1.29, 1.82) is 0 Å². The van der Waals surface area contributed by atoms with Crippen LogP contribution >= 0.6 is 0 Å². The van der Waals surface area contributed by atoms with Crippen molar-refractivity contribution in [2.75, 3.05) is 20.3 Å². The fraction of sp³-hybridized carbons (Fsp3) is 0.875. The maximum atomic E-state index is 11.2. The molecule has 1 saturated heterocycles. The zero-order valence-electron chi connectivity index (χ0n) is 7.34. The van der Waals surface area contributed by atoms with Gasteiger partial charge in [-0.15, -0.1) is 0 Å². The monoisotopic (exact) mass is 173 g/mol. The number of carbonyl (C=O) groups is 1. The maximum absolute atomic E-state index is 11.2. The summed E-state index contributed by atoms with van der Waals surface area (Å²) in [5, 5.41) is 0. The van der Waals surface area contributed by atoms with Gasteiger partial charge in [0.05, 0.1) is 7.11 Å². The molecular weight excluding hydrogens is 158 g/mol. The van der Waals surface area contributed by atoms with Crippen LogP contribution in [0.4, 0.5) is 0 Å². The Balaban J connectivity index is 2.59. The zero-order chi connectivity index (χ0) is 9.03. The van der Waals surface area contributed by atoms with E-state index in [9.17, 15) is 4.79 Å². The van der Waals surface area contributed by atoms with Crippen molar-refractivity contribution in [2.24, 2.45) is 5.73 Å². The number of ether oxygens (including phenoxy) is 2. The number of nitrogens with two attached hydrogens (primary N) is 1. The molecule has 1 unspecified atom stereocenters. The molecule has 0 radical (unpaired) electrons. The first-order valence-corrected chi connectivity index (χ1v) is 4.14. The van der Waals surface area contributed by atoms with Crippen molar-refractivity contribution in [1.82, 2.24) is 0 Å². The highest BCUT2D eigenvalue weighted by molar-refractivity contribution is 5.80. The minimum Gasteiger partial charge on any atom is -0.468 e. The predicted molar refractivity (Wildman–Crippen MR) is 43.6 cm³/mol. The van der Waals surface area contributed by atoms with Crippen molar-refractivity contribution < 1.29 is 14.3 Å². The molecule has 1 aliphatic rings. The van der Waals surface area contributed by atoms with Gasteiger partial charge in [0.2, 0.25) is 0 Å². The van der Waals surface area contributed by atoms with Gasteiger partial charge in [-0.25, -0.2) is 0 Å². The van der Waals surface area contributed by atoms with Crippen LogP contribution in [0.25, 0.3) is 0 Å². The molecule has 1 atom stereocenters. The third-order valence-corrected chi connectivity index (χ3v) is 2.20. The number of rotatable bonds is 1. The smallest absolute Gasteiger partial charge is 0.325 e. The Morgan fingerprint density at radius 1 is 1.50 bits per heavy atom. The molecule has 1 rings (SSSR count). The van der Waals surface area contributed by atoms with Gasteiger partial charge < -0.3 is 15.2 Å². The van der Waals surface area contributed by atoms with Gasteiger partial charge in [-0.2, -0.15) is 0 Å². The van der Waals surface area contributed by atoms with Gasteiger partial charge in [-0.3, -0.25) is 4.79 Å². The van der Waals surface area contributed by atoms with Gasteiger partial charge in [-0.05, 0) is 19.3 Å². The molecule has 0 amide bonds. The Labute approximate surface area is 72.0 Å². The van der Waals surface area contributed by atoms with Gasteiger partial charge in [0, 0.05) is 13.2 Å². The second-order valence-electron chi connectivity index (χ2n) is 3.11. The van der Waals surface area contributed by atoms with Crippen LogP contribution < -0.4 is 5.73 Å². The highest BCUT2D eigenvalue weighted by atomic mass is 16.5. The summed E-state index contributed by atoms with van der Waals surface area (Å²) in [4.78, 5) is 11.2. The molecule has 0 saturated carbocycles. The van der Waals surface area contributed by atoms with Crippen molar-refractivity contribution in [3.8, 4) is 0 Å². The van der Waals surface area contributed by atoms with Gasteiger partial charge in [-0.1, -0.05) is 0 Å². The second kappa shape index (κ2) is 3.87. The molecule has 4 nitrogen and oxygen atoms in total. The standard InChI is InChI=1S/C8H15NO3/c1-11-7(10)8(9)3-2-5-12-6-4-8/h2-6,9H2,1H3. The van der Waals surface area contributed by atoms with Crippen LogP contribution in [0, 0.1) is 0 Å². The van der Waals surface area contributed by atoms with Gasteiger partial charge in [0.15, 0.2) is 0 Å². The van der Waals surface area contributed by atoms with Crippen LogP contribution in [0.2, 0.25) is 0 Å². The predicted octanol–water partition coefficient (Wildman–Crippen LogP) is 0.0574. The quantitative estimate of drug-likeness (QED) is 0.569. The number of hydrogen-bond acceptors (Lipinski definition) is 4. The lowest BCUT2D eigenvalue weighted by Crippen LogP contribution is -2.48. The Bertz CT molecular complexity index is 162. The lowest BCUT2D eigenvalue weighted by atomic mass is 9.92. The van der Waals surface area contributed by atoms with Crippen LogP contribution in [0.1, 0.15) is 19.3 Å². The third kappa shape index (κ3) is 1.95. The zero-order valence-corrected chi connectivity index (χ0v) is 7.34. The molecule has 0 aromatic carbocycles. The number of methoxy groups -OCH3 is 1. The summed E-state index contributed by atoms with van der Waals surface area (Å²) in [6.07, 6.45) is 2.03.